The number of benzene rings is 1. The van der Waals surface area contributed by atoms with Gasteiger partial charge in [0.15, 0.2) is 0 Å². The lowest BCUT2D eigenvalue weighted by Crippen LogP contribution is -2.02. The Bertz CT molecular complexity index is 491. The second-order valence-corrected chi connectivity index (χ2v) is 4.42. The fraction of sp³-hybridized carbons (Fsp3) is 0.167. The Morgan fingerprint density at radius 3 is 2.47 bits per heavy atom. The SMILES string of the molecule is Cc1cc(NCc2ccc(Cl)cc2)nc(Cl)n1. The number of aryl methyl sites for hydroxylation is 1. The summed E-state index contributed by atoms with van der Waals surface area (Å²) in [6.07, 6.45) is 0. The van der Waals surface area contributed by atoms with Crippen LogP contribution in [0, 0.1) is 6.92 Å². The normalized spacial score (nSPS) is 10.3. The van der Waals surface area contributed by atoms with Gasteiger partial charge >= 0.3 is 0 Å². The van der Waals surface area contributed by atoms with E-state index >= 15 is 0 Å². The number of hydrogen-bond acceptors (Lipinski definition) is 3. The molecule has 2 rings (SSSR count). The standard InChI is InChI=1S/C12H11Cl2N3/c1-8-6-11(17-12(14)16-8)15-7-9-2-4-10(13)5-3-9/h2-6H,7H2,1H3,(H,15,16,17). The minimum atomic E-state index is 0.253. The number of aromatic nitrogens is 2. The minimum absolute atomic E-state index is 0.253. The quantitative estimate of drug-likeness (QED) is 0.862. The Hall–Kier alpha value is -1.32. The van der Waals surface area contributed by atoms with E-state index in [-0.39, 0.29) is 5.28 Å². The predicted octanol–water partition coefficient (Wildman–Crippen LogP) is 3.70. The molecule has 0 amide bonds. The molecule has 3 nitrogen and oxygen atoms in total. The zero-order chi connectivity index (χ0) is 12.3. The first kappa shape index (κ1) is 12.1. The van der Waals surface area contributed by atoms with Gasteiger partial charge in [0, 0.05) is 23.3 Å². The first-order valence-electron chi connectivity index (χ1n) is 5.13. The molecule has 2 aromatic rings. The first-order chi connectivity index (χ1) is 8.13. The second kappa shape index (κ2) is 5.34. The van der Waals surface area contributed by atoms with Gasteiger partial charge in [-0.3, -0.25) is 0 Å². The van der Waals surface area contributed by atoms with Crippen molar-refractivity contribution < 1.29 is 0 Å². The molecule has 1 aromatic heterocycles. The highest BCUT2D eigenvalue weighted by atomic mass is 35.5. The van der Waals surface area contributed by atoms with Crippen molar-refractivity contribution in [2.45, 2.75) is 13.5 Å². The van der Waals surface area contributed by atoms with Gasteiger partial charge in [0.05, 0.1) is 0 Å². The van der Waals surface area contributed by atoms with Gasteiger partial charge in [-0.05, 0) is 36.2 Å². The van der Waals surface area contributed by atoms with Gasteiger partial charge < -0.3 is 5.32 Å². The van der Waals surface area contributed by atoms with Crippen LogP contribution in [0.5, 0.6) is 0 Å². The van der Waals surface area contributed by atoms with Crippen molar-refractivity contribution in [3.63, 3.8) is 0 Å². The van der Waals surface area contributed by atoms with Crippen molar-refractivity contribution in [2.24, 2.45) is 0 Å². The molecule has 0 aliphatic carbocycles. The number of hydrogen-bond donors (Lipinski definition) is 1. The molecule has 0 aliphatic rings. The number of halogens is 2. The summed E-state index contributed by atoms with van der Waals surface area (Å²) in [4.78, 5) is 8.08. The lowest BCUT2D eigenvalue weighted by atomic mass is 10.2. The molecule has 0 atom stereocenters. The largest absolute Gasteiger partial charge is 0.366 e. The van der Waals surface area contributed by atoms with Crippen LogP contribution in [0.1, 0.15) is 11.3 Å². The summed E-state index contributed by atoms with van der Waals surface area (Å²) in [7, 11) is 0. The molecular weight excluding hydrogens is 257 g/mol. The molecule has 88 valence electrons. The van der Waals surface area contributed by atoms with Crippen LogP contribution in [0.3, 0.4) is 0 Å². The maximum Gasteiger partial charge on any atom is 0.224 e. The van der Waals surface area contributed by atoms with E-state index in [4.69, 9.17) is 23.2 Å². The van der Waals surface area contributed by atoms with Crippen LogP contribution in [0.15, 0.2) is 30.3 Å². The fourth-order valence-electron chi connectivity index (χ4n) is 1.42. The van der Waals surface area contributed by atoms with E-state index in [1.807, 2.05) is 37.3 Å². The first-order valence-corrected chi connectivity index (χ1v) is 5.88. The Balaban J connectivity index is 2.04. The summed E-state index contributed by atoms with van der Waals surface area (Å²) >= 11 is 11.6. The molecule has 0 saturated heterocycles. The zero-order valence-corrected chi connectivity index (χ0v) is 10.8. The molecule has 5 heteroatoms. The van der Waals surface area contributed by atoms with Gasteiger partial charge in [0.1, 0.15) is 5.82 Å². The zero-order valence-electron chi connectivity index (χ0n) is 9.24. The summed E-state index contributed by atoms with van der Waals surface area (Å²) in [5.41, 5.74) is 1.96. The molecule has 0 spiro atoms. The molecule has 1 heterocycles. The van der Waals surface area contributed by atoms with E-state index in [1.165, 1.54) is 0 Å². The number of nitrogens with one attached hydrogen (secondary N) is 1. The Morgan fingerprint density at radius 1 is 1.12 bits per heavy atom. The molecule has 0 unspecified atom stereocenters. The molecule has 0 saturated carbocycles. The lowest BCUT2D eigenvalue weighted by Gasteiger charge is -2.06. The van der Waals surface area contributed by atoms with E-state index in [9.17, 15) is 0 Å². The van der Waals surface area contributed by atoms with Crippen molar-refractivity contribution in [1.82, 2.24) is 9.97 Å². The van der Waals surface area contributed by atoms with Crippen LogP contribution < -0.4 is 5.32 Å². The van der Waals surface area contributed by atoms with Crippen LogP contribution in [-0.2, 0) is 6.54 Å². The summed E-state index contributed by atoms with van der Waals surface area (Å²) in [6, 6.07) is 9.49. The maximum atomic E-state index is 5.81. The smallest absolute Gasteiger partial charge is 0.224 e. The van der Waals surface area contributed by atoms with Gasteiger partial charge in [-0.2, -0.15) is 0 Å². The van der Waals surface area contributed by atoms with Crippen molar-refractivity contribution in [3.05, 3.63) is 51.9 Å². The average Bonchev–Trinajstić information content (AvgIpc) is 2.27. The van der Waals surface area contributed by atoms with Gasteiger partial charge in [0.25, 0.3) is 0 Å². The number of rotatable bonds is 3. The van der Waals surface area contributed by atoms with Crippen LogP contribution in [0.25, 0.3) is 0 Å². The highest BCUT2D eigenvalue weighted by Crippen LogP contribution is 2.13. The third-order valence-electron chi connectivity index (χ3n) is 2.21. The third-order valence-corrected chi connectivity index (χ3v) is 2.63. The molecule has 1 N–H and O–H groups in total. The molecule has 0 radical (unpaired) electrons. The highest BCUT2D eigenvalue weighted by molar-refractivity contribution is 6.30. The molecule has 0 aliphatic heterocycles. The Morgan fingerprint density at radius 2 is 1.82 bits per heavy atom. The van der Waals surface area contributed by atoms with Crippen LogP contribution in [-0.4, -0.2) is 9.97 Å². The second-order valence-electron chi connectivity index (χ2n) is 3.64. The van der Waals surface area contributed by atoms with Gasteiger partial charge in [-0.15, -0.1) is 0 Å². The van der Waals surface area contributed by atoms with E-state index in [0.717, 1.165) is 22.1 Å². The Kier molecular flexibility index (Phi) is 3.82. The van der Waals surface area contributed by atoms with Gasteiger partial charge in [-0.1, -0.05) is 23.7 Å². The summed E-state index contributed by atoms with van der Waals surface area (Å²) in [5, 5.41) is 4.17. The average molecular weight is 268 g/mol. The molecule has 17 heavy (non-hydrogen) atoms. The summed E-state index contributed by atoms with van der Waals surface area (Å²) < 4.78 is 0. The molecule has 0 bridgehead atoms. The van der Waals surface area contributed by atoms with Crippen LogP contribution in [0.4, 0.5) is 5.82 Å². The van der Waals surface area contributed by atoms with Crippen LogP contribution in [0.2, 0.25) is 10.3 Å². The van der Waals surface area contributed by atoms with Gasteiger partial charge in [-0.25, -0.2) is 9.97 Å². The summed E-state index contributed by atoms with van der Waals surface area (Å²) in [6.45, 7) is 2.55. The van der Waals surface area contributed by atoms with E-state index in [0.29, 0.717) is 6.54 Å². The van der Waals surface area contributed by atoms with Gasteiger partial charge in [0.2, 0.25) is 5.28 Å². The molecule has 0 fully saturated rings. The number of nitrogens with zero attached hydrogens (tertiary/aromatic N) is 2. The topological polar surface area (TPSA) is 37.8 Å². The van der Waals surface area contributed by atoms with Crippen LogP contribution >= 0.6 is 23.2 Å². The number of anilines is 1. The molecule has 1 aromatic carbocycles. The summed E-state index contributed by atoms with van der Waals surface area (Å²) in [5.74, 6) is 0.720. The molecular formula is C12H11Cl2N3. The van der Waals surface area contributed by atoms with Crippen molar-refractivity contribution in [3.8, 4) is 0 Å². The van der Waals surface area contributed by atoms with E-state index in [1.54, 1.807) is 0 Å². The highest BCUT2D eigenvalue weighted by Gasteiger charge is 2.00. The predicted molar refractivity (Wildman–Crippen MR) is 70.6 cm³/mol. The van der Waals surface area contributed by atoms with Crippen molar-refractivity contribution >= 4 is 29.0 Å². The van der Waals surface area contributed by atoms with E-state index in [2.05, 4.69) is 15.3 Å². The maximum absolute atomic E-state index is 5.81. The monoisotopic (exact) mass is 267 g/mol. The third kappa shape index (κ3) is 3.58. The van der Waals surface area contributed by atoms with Crippen molar-refractivity contribution in [2.75, 3.05) is 5.32 Å². The lowest BCUT2D eigenvalue weighted by molar-refractivity contribution is 1.05. The fourth-order valence-corrected chi connectivity index (χ4v) is 1.77. The van der Waals surface area contributed by atoms with E-state index < -0.39 is 0 Å². The Labute approximate surface area is 110 Å². The van der Waals surface area contributed by atoms with Crippen molar-refractivity contribution in [1.29, 1.82) is 0 Å². The minimum Gasteiger partial charge on any atom is -0.366 e.